The summed E-state index contributed by atoms with van der Waals surface area (Å²) in [6.45, 7) is 3.75. The number of anilines is 1. The fourth-order valence-electron chi connectivity index (χ4n) is 3.42. The van der Waals surface area contributed by atoms with Crippen LogP contribution in [0.2, 0.25) is 5.02 Å². The van der Waals surface area contributed by atoms with Crippen LogP contribution in [-0.4, -0.2) is 46.5 Å². The van der Waals surface area contributed by atoms with Crippen LogP contribution < -0.4 is 11.0 Å². The van der Waals surface area contributed by atoms with E-state index in [4.69, 9.17) is 16.3 Å². The van der Waals surface area contributed by atoms with Gasteiger partial charge in [0.25, 0.3) is 0 Å². The number of ether oxygens (including phenoxy) is 1. The molecule has 2 aromatic carbocycles. The summed E-state index contributed by atoms with van der Waals surface area (Å²) in [7, 11) is 0. The quantitative estimate of drug-likeness (QED) is 0.628. The number of hydrogen-bond donors (Lipinski definition) is 3. The first-order valence-electron chi connectivity index (χ1n) is 9.13. The smallest absolute Gasteiger partial charge is 0.323 e. The number of nitrogens with zero attached hydrogens (tertiary/aromatic N) is 1. The molecular weight excluding hydrogens is 380 g/mol. The van der Waals surface area contributed by atoms with Crippen molar-refractivity contribution >= 4 is 34.2 Å². The Bertz CT molecular complexity index is 1040. The first-order chi connectivity index (χ1) is 13.5. The van der Waals surface area contributed by atoms with Crippen molar-refractivity contribution in [3.8, 4) is 0 Å². The number of aromatic nitrogens is 2. The lowest BCUT2D eigenvalue weighted by atomic mass is 10.1. The number of carbonyl (C=O) groups excluding carboxylic acids is 1. The topological polar surface area (TPSA) is 90.2 Å². The summed E-state index contributed by atoms with van der Waals surface area (Å²) in [6, 6.07) is 12.6. The maximum absolute atomic E-state index is 12.8. The van der Waals surface area contributed by atoms with Gasteiger partial charge in [0.2, 0.25) is 5.91 Å². The highest BCUT2D eigenvalue weighted by atomic mass is 35.5. The molecule has 0 bridgehead atoms. The predicted molar refractivity (Wildman–Crippen MR) is 109 cm³/mol. The molecule has 3 N–H and O–H groups in total. The van der Waals surface area contributed by atoms with E-state index < -0.39 is 0 Å². The summed E-state index contributed by atoms with van der Waals surface area (Å²) >= 11 is 5.96. The minimum atomic E-state index is -0.320. The van der Waals surface area contributed by atoms with Crippen molar-refractivity contribution in [1.29, 1.82) is 0 Å². The van der Waals surface area contributed by atoms with Gasteiger partial charge >= 0.3 is 5.69 Å². The largest absolute Gasteiger partial charge is 0.371 e. The average Bonchev–Trinajstić information content (AvgIpc) is 3.07. The monoisotopic (exact) mass is 400 g/mol. The maximum atomic E-state index is 12.8. The van der Waals surface area contributed by atoms with Crippen LogP contribution in [0.1, 0.15) is 18.6 Å². The second kappa shape index (κ2) is 7.79. The number of halogens is 1. The number of amides is 1. The predicted octanol–water partition coefficient (Wildman–Crippen LogP) is 2.91. The Morgan fingerprint density at radius 3 is 2.75 bits per heavy atom. The van der Waals surface area contributed by atoms with Crippen LogP contribution in [0.4, 0.5) is 5.69 Å². The highest BCUT2D eigenvalue weighted by Gasteiger charge is 2.28. The lowest BCUT2D eigenvalue weighted by Gasteiger charge is -2.36. The van der Waals surface area contributed by atoms with Gasteiger partial charge in [-0.1, -0.05) is 23.7 Å². The third-order valence-electron chi connectivity index (χ3n) is 5.05. The van der Waals surface area contributed by atoms with E-state index in [1.807, 2.05) is 31.2 Å². The van der Waals surface area contributed by atoms with E-state index in [9.17, 15) is 9.59 Å². The Hall–Kier alpha value is -2.61. The van der Waals surface area contributed by atoms with Gasteiger partial charge in [0.1, 0.15) is 0 Å². The number of hydrogen-bond acceptors (Lipinski definition) is 4. The zero-order valence-corrected chi connectivity index (χ0v) is 16.1. The van der Waals surface area contributed by atoms with Gasteiger partial charge in [0, 0.05) is 23.8 Å². The second-order valence-electron chi connectivity index (χ2n) is 6.91. The fourth-order valence-corrected chi connectivity index (χ4v) is 3.55. The standard InChI is InChI=1S/C20H21ClN4O3/c1-12(19(26)22-15-6-7-16-17(10-15)24-20(27)23-16)25-8-9-28-18(11-25)13-2-4-14(21)5-3-13/h2-7,10,12,18H,8-9,11H2,1H3,(H,22,26)(H2,23,24,27)/t12-,18-/m0/s1. The summed E-state index contributed by atoms with van der Waals surface area (Å²) in [4.78, 5) is 31.6. The Morgan fingerprint density at radius 1 is 1.21 bits per heavy atom. The van der Waals surface area contributed by atoms with Crippen molar-refractivity contribution in [3.63, 3.8) is 0 Å². The molecule has 4 rings (SSSR count). The van der Waals surface area contributed by atoms with Crippen LogP contribution in [0, 0.1) is 0 Å². The number of H-pyrrole nitrogens is 2. The van der Waals surface area contributed by atoms with Crippen LogP contribution >= 0.6 is 11.6 Å². The van der Waals surface area contributed by atoms with Gasteiger partial charge in [0.05, 0.1) is 29.8 Å². The van der Waals surface area contributed by atoms with Crippen molar-refractivity contribution < 1.29 is 9.53 Å². The van der Waals surface area contributed by atoms with Gasteiger partial charge in [-0.25, -0.2) is 4.79 Å². The van der Waals surface area contributed by atoms with Gasteiger partial charge in [-0.3, -0.25) is 9.69 Å². The molecule has 1 aliphatic rings. The number of benzene rings is 2. The normalized spacial score (nSPS) is 18.9. The van der Waals surface area contributed by atoms with E-state index in [-0.39, 0.29) is 23.7 Å². The highest BCUT2D eigenvalue weighted by Crippen LogP contribution is 2.25. The number of nitrogens with one attached hydrogen (secondary N) is 3. The Labute approximate surface area is 166 Å². The van der Waals surface area contributed by atoms with Crippen LogP contribution in [0.3, 0.4) is 0 Å². The molecule has 2 heterocycles. The van der Waals surface area contributed by atoms with Crippen molar-refractivity contribution in [3.05, 3.63) is 63.5 Å². The molecule has 1 aliphatic heterocycles. The third kappa shape index (κ3) is 3.96. The fraction of sp³-hybridized carbons (Fsp3) is 0.300. The summed E-state index contributed by atoms with van der Waals surface area (Å²) in [5, 5.41) is 3.61. The van der Waals surface area contributed by atoms with E-state index >= 15 is 0 Å². The summed E-state index contributed by atoms with van der Waals surface area (Å²) < 4.78 is 5.88. The lowest BCUT2D eigenvalue weighted by Crippen LogP contribution is -2.48. The van der Waals surface area contributed by atoms with E-state index in [0.29, 0.717) is 41.4 Å². The van der Waals surface area contributed by atoms with Crippen LogP contribution in [0.25, 0.3) is 11.0 Å². The number of rotatable bonds is 4. The molecule has 0 saturated carbocycles. The SMILES string of the molecule is C[C@@H](C(=O)Nc1ccc2[nH]c(=O)[nH]c2c1)N1CCO[C@H](c2ccc(Cl)cc2)C1. The molecular formula is C20H21ClN4O3. The average molecular weight is 401 g/mol. The number of fused-ring (bicyclic) bond motifs is 1. The first-order valence-corrected chi connectivity index (χ1v) is 9.51. The molecule has 2 atom stereocenters. The summed E-state index contributed by atoms with van der Waals surface area (Å²) in [6.07, 6.45) is -0.0949. The highest BCUT2D eigenvalue weighted by molar-refractivity contribution is 6.30. The van der Waals surface area contributed by atoms with Gasteiger partial charge in [0.15, 0.2) is 0 Å². The molecule has 1 saturated heterocycles. The third-order valence-corrected chi connectivity index (χ3v) is 5.30. The lowest BCUT2D eigenvalue weighted by molar-refractivity contribution is -0.124. The molecule has 1 amide bonds. The summed E-state index contributed by atoms with van der Waals surface area (Å²) in [5.41, 5.74) is 2.78. The zero-order chi connectivity index (χ0) is 19.7. The van der Waals surface area contributed by atoms with Crippen LogP contribution in [0.15, 0.2) is 47.3 Å². The van der Waals surface area contributed by atoms with Crippen molar-refractivity contribution in [2.45, 2.75) is 19.1 Å². The van der Waals surface area contributed by atoms with E-state index in [0.717, 1.165) is 5.56 Å². The Balaban J connectivity index is 1.43. The Morgan fingerprint density at radius 2 is 1.96 bits per heavy atom. The molecule has 3 aromatic rings. The Kier molecular flexibility index (Phi) is 5.21. The van der Waals surface area contributed by atoms with Gasteiger partial charge < -0.3 is 20.0 Å². The van der Waals surface area contributed by atoms with E-state index in [2.05, 4.69) is 20.2 Å². The minimum absolute atomic E-state index is 0.0949. The van der Waals surface area contributed by atoms with Crippen molar-refractivity contribution in [2.24, 2.45) is 0 Å². The van der Waals surface area contributed by atoms with E-state index in [1.165, 1.54) is 0 Å². The number of morpholine rings is 1. The van der Waals surface area contributed by atoms with E-state index in [1.54, 1.807) is 18.2 Å². The number of carbonyl (C=O) groups is 1. The van der Waals surface area contributed by atoms with Crippen LogP contribution in [0.5, 0.6) is 0 Å². The molecule has 0 radical (unpaired) electrons. The first kappa shape index (κ1) is 18.7. The minimum Gasteiger partial charge on any atom is -0.371 e. The van der Waals surface area contributed by atoms with Gasteiger partial charge in [-0.2, -0.15) is 0 Å². The zero-order valence-electron chi connectivity index (χ0n) is 15.4. The molecule has 0 aliphatic carbocycles. The summed E-state index contributed by atoms with van der Waals surface area (Å²) in [5.74, 6) is -0.103. The second-order valence-corrected chi connectivity index (χ2v) is 7.35. The molecule has 8 heteroatoms. The number of aromatic amines is 2. The van der Waals surface area contributed by atoms with Crippen molar-refractivity contribution in [1.82, 2.24) is 14.9 Å². The maximum Gasteiger partial charge on any atom is 0.323 e. The molecule has 0 spiro atoms. The van der Waals surface area contributed by atoms with Crippen molar-refractivity contribution in [2.75, 3.05) is 25.0 Å². The molecule has 1 aromatic heterocycles. The molecule has 146 valence electrons. The molecule has 7 nitrogen and oxygen atoms in total. The van der Waals surface area contributed by atoms with Gasteiger partial charge in [-0.15, -0.1) is 0 Å². The van der Waals surface area contributed by atoms with Crippen LogP contribution in [-0.2, 0) is 9.53 Å². The number of imidazole rings is 1. The molecule has 0 unspecified atom stereocenters. The molecule has 28 heavy (non-hydrogen) atoms. The molecule has 1 fully saturated rings. The van der Waals surface area contributed by atoms with Gasteiger partial charge in [-0.05, 0) is 42.8 Å².